The molecule has 0 bridgehead atoms. The standard InChI is InChI=1S/C25H16Cl3NO5/c1-13-5-3-4-6-16(13)24(30)33-22-19(28)9-14(11-21(22)32-2)10-20-25(31)34-23(29-20)15-7-8-17(26)18(27)12-15/h3-12H,1-2H3/b20-10-. The van der Waals surface area contributed by atoms with Gasteiger partial charge in [0.25, 0.3) is 0 Å². The van der Waals surface area contributed by atoms with Gasteiger partial charge in [0.2, 0.25) is 5.90 Å². The van der Waals surface area contributed by atoms with Crippen molar-refractivity contribution in [1.29, 1.82) is 0 Å². The smallest absolute Gasteiger partial charge is 0.363 e. The van der Waals surface area contributed by atoms with E-state index in [0.717, 1.165) is 5.56 Å². The van der Waals surface area contributed by atoms with Crippen LogP contribution in [0.15, 0.2) is 65.3 Å². The van der Waals surface area contributed by atoms with E-state index in [1.54, 1.807) is 49.4 Å². The molecule has 6 nitrogen and oxygen atoms in total. The number of esters is 2. The van der Waals surface area contributed by atoms with Gasteiger partial charge in [-0.25, -0.2) is 14.6 Å². The number of carbonyl (C=O) groups excluding carboxylic acids is 2. The van der Waals surface area contributed by atoms with Gasteiger partial charge in [-0.2, -0.15) is 0 Å². The number of aliphatic imine (C=N–C) groups is 1. The van der Waals surface area contributed by atoms with Gasteiger partial charge >= 0.3 is 11.9 Å². The van der Waals surface area contributed by atoms with Crippen LogP contribution in [-0.2, 0) is 9.53 Å². The number of ether oxygens (including phenoxy) is 3. The molecular formula is C25H16Cl3NO5. The minimum Gasteiger partial charge on any atom is -0.493 e. The fourth-order valence-electron chi connectivity index (χ4n) is 3.19. The van der Waals surface area contributed by atoms with Crippen LogP contribution in [0.25, 0.3) is 6.08 Å². The van der Waals surface area contributed by atoms with E-state index < -0.39 is 11.9 Å². The second-order valence-corrected chi connectivity index (χ2v) is 8.43. The lowest BCUT2D eigenvalue weighted by molar-refractivity contribution is -0.129. The minimum absolute atomic E-state index is 0.0452. The third-order valence-electron chi connectivity index (χ3n) is 4.90. The third kappa shape index (κ3) is 4.94. The van der Waals surface area contributed by atoms with Gasteiger partial charge in [-0.15, -0.1) is 0 Å². The number of hydrogen-bond donors (Lipinski definition) is 0. The highest BCUT2D eigenvalue weighted by Gasteiger charge is 2.25. The van der Waals surface area contributed by atoms with Crippen molar-refractivity contribution in [1.82, 2.24) is 0 Å². The normalized spacial score (nSPS) is 14.1. The molecule has 0 radical (unpaired) electrons. The van der Waals surface area contributed by atoms with Gasteiger partial charge in [0.05, 0.1) is 27.7 Å². The highest BCUT2D eigenvalue weighted by Crippen LogP contribution is 2.38. The van der Waals surface area contributed by atoms with Crippen molar-refractivity contribution in [3.05, 3.63) is 97.6 Å². The van der Waals surface area contributed by atoms with Crippen LogP contribution in [-0.4, -0.2) is 24.9 Å². The van der Waals surface area contributed by atoms with Gasteiger partial charge in [0, 0.05) is 5.56 Å². The molecule has 1 heterocycles. The fourth-order valence-corrected chi connectivity index (χ4v) is 3.75. The molecule has 4 rings (SSSR count). The summed E-state index contributed by atoms with van der Waals surface area (Å²) in [5.41, 5.74) is 2.21. The van der Waals surface area contributed by atoms with Gasteiger partial charge in [-0.3, -0.25) is 0 Å². The number of aryl methyl sites for hydroxylation is 1. The Morgan fingerprint density at radius 1 is 1.00 bits per heavy atom. The minimum atomic E-state index is -0.647. The summed E-state index contributed by atoms with van der Waals surface area (Å²) in [6, 6.07) is 14.9. The van der Waals surface area contributed by atoms with E-state index in [9.17, 15) is 9.59 Å². The summed E-state index contributed by atoms with van der Waals surface area (Å²) in [6.07, 6.45) is 1.48. The molecule has 3 aromatic carbocycles. The van der Waals surface area contributed by atoms with E-state index in [2.05, 4.69) is 4.99 Å². The highest BCUT2D eigenvalue weighted by molar-refractivity contribution is 6.42. The highest BCUT2D eigenvalue weighted by atomic mass is 35.5. The van der Waals surface area contributed by atoms with Crippen molar-refractivity contribution < 1.29 is 23.8 Å². The quantitative estimate of drug-likeness (QED) is 0.219. The van der Waals surface area contributed by atoms with Crippen LogP contribution in [0.5, 0.6) is 11.5 Å². The average molecular weight is 517 g/mol. The second-order valence-electron chi connectivity index (χ2n) is 7.20. The second kappa shape index (κ2) is 9.89. The number of rotatable bonds is 5. The molecule has 172 valence electrons. The van der Waals surface area contributed by atoms with Gasteiger partial charge in [-0.05, 0) is 60.5 Å². The first-order chi connectivity index (χ1) is 16.3. The number of cyclic esters (lactones) is 1. The Bertz CT molecular complexity index is 1380. The number of methoxy groups -OCH3 is 1. The van der Waals surface area contributed by atoms with Gasteiger partial charge in [0.15, 0.2) is 17.2 Å². The maximum Gasteiger partial charge on any atom is 0.363 e. The average Bonchev–Trinajstić information content (AvgIpc) is 3.17. The van der Waals surface area contributed by atoms with Crippen molar-refractivity contribution in [3.63, 3.8) is 0 Å². The SMILES string of the molecule is COc1cc(/C=C2\N=C(c3ccc(Cl)c(Cl)c3)OC2=O)cc(Cl)c1OC(=O)c1ccccc1C. The van der Waals surface area contributed by atoms with E-state index >= 15 is 0 Å². The largest absolute Gasteiger partial charge is 0.493 e. The Hall–Kier alpha value is -3.32. The van der Waals surface area contributed by atoms with Crippen LogP contribution in [0.1, 0.15) is 27.0 Å². The van der Waals surface area contributed by atoms with Gasteiger partial charge < -0.3 is 14.2 Å². The van der Waals surface area contributed by atoms with E-state index in [1.807, 2.05) is 6.07 Å². The molecule has 0 saturated heterocycles. The zero-order chi connectivity index (χ0) is 24.4. The molecule has 3 aromatic rings. The molecule has 0 atom stereocenters. The molecule has 0 N–H and O–H groups in total. The van der Waals surface area contributed by atoms with E-state index in [4.69, 9.17) is 49.0 Å². The zero-order valence-corrected chi connectivity index (χ0v) is 20.2. The van der Waals surface area contributed by atoms with Crippen molar-refractivity contribution in [2.75, 3.05) is 7.11 Å². The van der Waals surface area contributed by atoms with E-state index in [0.29, 0.717) is 26.7 Å². The first-order valence-electron chi connectivity index (χ1n) is 9.90. The topological polar surface area (TPSA) is 74.2 Å². The Kier molecular flexibility index (Phi) is 6.93. The molecule has 0 spiro atoms. The summed E-state index contributed by atoms with van der Waals surface area (Å²) in [6.45, 7) is 1.80. The number of nitrogens with zero attached hydrogens (tertiary/aromatic N) is 1. The van der Waals surface area contributed by atoms with Crippen LogP contribution in [0, 0.1) is 6.92 Å². The van der Waals surface area contributed by atoms with E-state index in [1.165, 1.54) is 19.3 Å². The van der Waals surface area contributed by atoms with Crippen LogP contribution in [0.2, 0.25) is 15.1 Å². The van der Waals surface area contributed by atoms with Crippen LogP contribution in [0.4, 0.5) is 0 Å². The molecule has 1 aliphatic rings. The predicted octanol–water partition coefficient (Wildman–Crippen LogP) is 6.53. The fraction of sp³-hybridized carbons (Fsp3) is 0.0800. The molecule has 0 unspecified atom stereocenters. The summed E-state index contributed by atoms with van der Waals surface area (Å²) >= 11 is 18.4. The van der Waals surface area contributed by atoms with Crippen LogP contribution < -0.4 is 9.47 Å². The van der Waals surface area contributed by atoms with Crippen LogP contribution >= 0.6 is 34.8 Å². The summed E-state index contributed by atoms with van der Waals surface area (Å²) in [5.74, 6) is -0.850. The first-order valence-corrected chi connectivity index (χ1v) is 11.0. The molecule has 0 aromatic heterocycles. The monoisotopic (exact) mass is 515 g/mol. The Morgan fingerprint density at radius 2 is 1.76 bits per heavy atom. The van der Waals surface area contributed by atoms with Gasteiger partial charge in [-0.1, -0.05) is 53.0 Å². The maximum absolute atomic E-state index is 12.6. The Morgan fingerprint density at radius 3 is 2.47 bits per heavy atom. The summed E-state index contributed by atoms with van der Waals surface area (Å²) in [5, 5.41) is 0.798. The number of halogens is 3. The van der Waals surface area contributed by atoms with Crippen molar-refractivity contribution in [2.45, 2.75) is 6.92 Å². The first kappa shape index (κ1) is 23.8. The number of hydrogen-bond acceptors (Lipinski definition) is 6. The molecule has 0 aliphatic carbocycles. The lowest BCUT2D eigenvalue weighted by atomic mass is 10.1. The van der Waals surface area contributed by atoms with Crippen molar-refractivity contribution in [3.8, 4) is 11.5 Å². The predicted molar refractivity (Wildman–Crippen MR) is 131 cm³/mol. The van der Waals surface area contributed by atoms with Crippen molar-refractivity contribution >= 4 is 58.7 Å². The lowest BCUT2D eigenvalue weighted by Gasteiger charge is -2.13. The number of carbonyl (C=O) groups is 2. The summed E-state index contributed by atoms with van der Waals surface area (Å²) < 4.78 is 16.1. The maximum atomic E-state index is 12.6. The molecule has 34 heavy (non-hydrogen) atoms. The third-order valence-corrected chi connectivity index (χ3v) is 5.92. The van der Waals surface area contributed by atoms with Crippen LogP contribution in [0.3, 0.4) is 0 Å². The number of benzene rings is 3. The molecule has 0 saturated carbocycles. The summed E-state index contributed by atoms with van der Waals surface area (Å²) in [7, 11) is 1.41. The van der Waals surface area contributed by atoms with Crippen molar-refractivity contribution in [2.24, 2.45) is 4.99 Å². The zero-order valence-electron chi connectivity index (χ0n) is 17.9. The molecule has 0 fully saturated rings. The van der Waals surface area contributed by atoms with E-state index in [-0.39, 0.29) is 28.1 Å². The molecule has 9 heteroatoms. The lowest BCUT2D eigenvalue weighted by Crippen LogP contribution is -2.11. The molecule has 1 aliphatic heterocycles. The molecular weight excluding hydrogens is 501 g/mol. The van der Waals surface area contributed by atoms with Gasteiger partial charge in [0.1, 0.15) is 0 Å². The summed E-state index contributed by atoms with van der Waals surface area (Å²) in [4.78, 5) is 29.2. The molecule has 0 amide bonds. The Balaban J connectivity index is 1.64. The Labute approximate surface area is 210 Å².